The second-order valence-corrected chi connectivity index (χ2v) is 4.05. The molecular weight excluding hydrogens is 267 g/mol. The van der Waals surface area contributed by atoms with E-state index in [4.69, 9.17) is 10.5 Å². The van der Waals surface area contributed by atoms with Crippen LogP contribution >= 0.6 is 0 Å². The lowest BCUT2D eigenvalue weighted by molar-refractivity contribution is -0.385. The van der Waals surface area contributed by atoms with Crippen molar-refractivity contribution in [2.45, 2.75) is 13.5 Å². The maximum Gasteiger partial charge on any atom is 0.318 e. The molecule has 0 unspecified atom stereocenters. The van der Waals surface area contributed by atoms with Crippen molar-refractivity contribution in [2.75, 3.05) is 5.73 Å². The fourth-order valence-electron chi connectivity index (χ4n) is 1.52. The van der Waals surface area contributed by atoms with Crippen molar-refractivity contribution >= 4 is 11.5 Å². The summed E-state index contributed by atoms with van der Waals surface area (Å²) in [5, 5.41) is 10.8. The highest BCUT2D eigenvalue weighted by molar-refractivity contribution is 5.42. The van der Waals surface area contributed by atoms with Crippen LogP contribution in [0.4, 0.5) is 15.9 Å². The third-order valence-electron chi connectivity index (χ3n) is 2.59. The molecule has 0 fully saturated rings. The van der Waals surface area contributed by atoms with E-state index in [1.54, 1.807) is 19.1 Å². The van der Waals surface area contributed by atoms with E-state index >= 15 is 0 Å². The number of nitro groups is 1. The molecule has 0 aliphatic rings. The van der Waals surface area contributed by atoms with E-state index in [1.807, 2.05) is 0 Å². The molecule has 0 amide bonds. The number of nitrogen functional groups attached to an aromatic ring is 1. The Morgan fingerprint density at radius 1 is 1.50 bits per heavy atom. The minimum absolute atomic E-state index is 0.00522. The highest BCUT2D eigenvalue weighted by Gasteiger charge is 2.11. The van der Waals surface area contributed by atoms with Crippen molar-refractivity contribution in [1.29, 1.82) is 0 Å². The van der Waals surface area contributed by atoms with Gasteiger partial charge in [-0.25, -0.2) is 9.37 Å². The Kier molecular flexibility index (Phi) is 3.74. The van der Waals surface area contributed by atoms with Gasteiger partial charge in [0.15, 0.2) is 11.6 Å². The smallest absolute Gasteiger partial charge is 0.318 e. The molecule has 0 saturated carbocycles. The number of nitrogens with two attached hydrogens (primary N) is 1. The Morgan fingerprint density at radius 2 is 2.25 bits per heavy atom. The SMILES string of the molecule is Cc1ccc(COc2ncc(F)c(N)n2)cc1[N+](=O)[O-]. The number of hydrogen-bond donors (Lipinski definition) is 1. The zero-order chi connectivity index (χ0) is 14.7. The van der Waals surface area contributed by atoms with Crippen LogP contribution < -0.4 is 10.5 Å². The van der Waals surface area contributed by atoms with Gasteiger partial charge in [-0.3, -0.25) is 10.1 Å². The molecule has 0 bridgehead atoms. The molecule has 0 aliphatic heterocycles. The number of hydrogen-bond acceptors (Lipinski definition) is 6. The molecule has 2 N–H and O–H groups in total. The molecule has 0 atom stereocenters. The van der Waals surface area contributed by atoms with Gasteiger partial charge in [0, 0.05) is 11.6 Å². The zero-order valence-corrected chi connectivity index (χ0v) is 10.5. The van der Waals surface area contributed by atoms with Crippen molar-refractivity contribution in [2.24, 2.45) is 0 Å². The molecule has 0 spiro atoms. The summed E-state index contributed by atoms with van der Waals surface area (Å²) in [6.07, 6.45) is 0.898. The predicted octanol–water partition coefficient (Wildman–Crippen LogP) is 1.99. The number of aryl methyl sites for hydroxylation is 1. The molecule has 0 aliphatic carbocycles. The molecular formula is C12H11FN4O3. The molecule has 2 aromatic rings. The summed E-state index contributed by atoms with van der Waals surface area (Å²) >= 11 is 0. The summed E-state index contributed by atoms with van der Waals surface area (Å²) in [7, 11) is 0. The number of nitro benzene ring substituents is 1. The summed E-state index contributed by atoms with van der Waals surface area (Å²) in [5.41, 5.74) is 6.42. The van der Waals surface area contributed by atoms with E-state index in [0.29, 0.717) is 11.1 Å². The fraction of sp³-hybridized carbons (Fsp3) is 0.167. The summed E-state index contributed by atoms with van der Waals surface area (Å²) in [6, 6.07) is 4.63. The predicted molar refractivity (Wildman–Crippen MR) is 68.6 cm³/mol. The van der Waals surface area contributed by atoms with Gasteiger partial charge in [-0.2, -0.15) is 4.98 Å². The Labute approximate surface area is 113 Å². The average molecular weight is 278 g/mol. The van der Waals surface area contributed by atoms with Gasteiger partial charge in [0.2, 0.25) is 0 Å². The van der Waals surface area contributed by atoms with Crippen LogP contribution in [0.5, 0.6) is 6.01 Å². The number of benzene rings is 1. The Morgan fingerprint density at radius 3 is 2.90 bits per heavy atom. The summed E-state index contributed by atoms with van der Waals surface area (Å²) in [6.45, 7) is 1.67. The first-order valence-electron chi connectivity index (χ1n) is 5.62. The van der Waals surface area contributed by atoms with Crippen molar-refractivity contribution in [1.82, 2.24) is 9.97 Å². The molecule has 2 rings (SSSR count). The number of halogens is 1. The van der Waals surface area contributed by atoms with Gasteiger partial charge in [0.25, 0.3) is 5.69 Å². The first kappa shape index (κ1) is 13.7. The molecule has 1 aromatic heterocycles. The summed E-state index contributed by atoms with van der Waals surface area (Å²) in [4.78, 5) is 17.6. The highest BCUT2D eigenvalue weighted by Crippen LogP contribution is 2.20. The number of ether oxygens (including phenoxy) is 1. The van der Waals surface area contributed by atoms with Crippen molar-refractivity contribution in [3.05, 3.63) is 51.5 Å². The number of aromatic nitrogens is 2. The quantitative estimate of drug-likeness (QED) is 0.677. The van der Waals surface area contributed by atoms with Crippen LogP contribution in [0, 0.1) is 22.9 Å². The van der Waals surface area contributed by atoms with E-state index in [9.17, 15) is 14.5 Å². The number of nitrogens with zero attached hydrogens (tertiary/aromatic N) is 3. The second kappa shape index (κ2) is 5.47. The Balaban J connectivity index is 2.12. The van der Waals surface area contributed by atoms with Gasteiger partial charge >= 0.3 is 6.01 Å². The van der Waals surface area contributed by atoms with Gasteiger partial charge < -0.3 is 10.5 Å². The van der Waals surface area contributed by atoms with Crippen LogP contribution in [-0.4, -0.2) is 14.9 Å². The third kappa shape index (κ3) is 2.97. The van der Waals surface area contributed by atoms with E-state index in [0.717, 1.165) is 6.20 Å². The van der Waals surface area contributed by atoms with E-state index in [2.05, 4.69) is 9.97 Å². The maximum atomic E-state index is 12.9. The summed E-state index contributed by atoms with van der Waals surface area (Å²) in [5.74, 6) is -1.05. The van der Waals surface area contributed by atoms with Crippen molar-refractivity contribution < 1.29 is 14.1 Å². The van der Waals surface area contributed by atoms with Gasteiger partial charge in [0.1, 0.15) is 6.61 Å². The molecule has 7 nitrogen and oxygen atoms in total. The molecule has 1 heterocycles. The van der Waals surface area contributed by atoms with E-state index < -0.39 is 10.7 Å². The van der Waals surface area contributed by atoms with Gasteiger partial charge in [-0.1, -0.05) is 12.1 Å². The van der Waals surface area contributed by atoms with Crippen LogP contribution in [0.25, 0.3) is 0 Å². The molecule has 20 heavy (non-hydrogen) atoms. The lowest BCUT2D eigenvalue weighted by Gasteiger charge is -2.06. The van der Waals surface area contributed by atoms with E-state index in [1.165, 1.54) is 6.07 Å². The normalized spacial score (nSPS) is 10.3. The second-order valence-electron chi connectivity index (χ2n) is 4.05. The molecule has 1 aromatic carbocycles. The number of anilines is 1. The van der Waals surface area contributed by atoms with Gasteiger partial charge in [-0.15, -0.1) is 0 Å². The number of rotatable bonds is 4. The van der Waals surface area contributed by atoms with Crippen LogP contribution in [0.2, 0.25) is 0 Å². The minimum atomic E-state index is -0.733. The standard InChI is InChI=1S/C12H11FN4O3/c1-7-2-3-8(4-10(7)17(18)19)6-20-12-15-5-9(13)11(14)16-12/h2-5H,6H2,1H3,(H2,14,15,16). The molecule has 0 saturated heterocycles. The monoisotopic (exact) mass is 278 g/mol. The van der Waals surface area contributed by atoms with Crippen LogP contribution in [0.1, 0.15) is 11.1 Å². The largest absolute Gasteiger partial charge is 0.459 e. The average Bonchev–Trinajstić information content (AvgIpc) is 2.41. The van der Waals surface area contributed by atoms with Gasteiger partial charge in [0.05, 0.1) is 11.1 Å². The van der Waals surface area contributed by atoms with Crippen LogP contribution in [0.3, 0.4) is 0 Å². The Bertz CT molecular complexity index is 663. The zero-order valence-electron chi connectivity index (χ0n) is 10.5. The van der Waals surface area contributed by atoms with Crippen LogP contribution in [0.15, 0.2) is 24.4 Å². The maximum absolute atomic E-state index is 12.9. The van der Waals surface area contributed by atoms with Crippen molar-refractivity contribution in [3.8, 4) is 6.01 Å². The fourth-order valence-corrected chi connectivity index (χ4v) is 1.52. The molecule has 8 heteroatoms. The lowest BCUT2D eigenvalue weighted by atomic mass is 10.1. The van der Waals surface area contributed by atoms with Gasteiger partial charge in [-0.05, 0) is 12.5 Å². The first-order valence-corrected chi connectivity index (χ1v) is 5.62. The topological polar surface area (TPSA) is 104 Å². The van der Waals surface area contributed by atoms with Crippen LogP contribution in [-0.2, 0) is 6.61 Å². The lowest BCUT2D eigenvalue weighted by Crippen LogP contribution is -2.04. The molecule has 0 radical (unpaired) electrons. The minimum Gasteiger partial charge on any atom is -0.459 e. The van der Waals surface area contributed by atoms with E-state index in [-0.39, 0.29) is 24.1 Å². The summed E-state index contributed by atoms with van der Waals surface area (Å²) < 4.78 is 18.1. The third-order valence-corrected chi connectivity index (χ3v) is 2.59. The first-order chi connectivity index (χ1) is 9.47. The Hall–Kier alpha value is -2.77. The van der Waals surface area contributed by atoms with Crippen molar-refractivity contribution in [3.63, 3.8) is 0 Å². The highest BCUT2D eigenvalue weighted by atomic mass is 19.1. The molecule has 104 valence electrons.